The number of benzene rings is 1. The van der Waals surface area contributed by atoms with Crippen molar-refractivity contribution in [3.8, 4) is 17.0 Å². The Morgan fingerprint density at radius 3 is 2.74 bits per heavy atom. The van der Waals surface area contributed by atoms with Crippen molar-refractivity contribution < 1.29 is 27.5 Å². The van der Waals surface area contributed by atoms with Crippen molar-refractivity contribution in [3.63, 3.8) is 0 Å². The number of ether oxygens (including phenoxy) is 1. The summed E-state index contributed by atoms with van der Waals surface area (Å²) in [5, 5.41) is 15.2. The van der Waals surface area contributed by atoms with Gasteiger partial charge in [-0.15, -0.1) is 5.10 Å². The summed E-state index contributed by atoms with van der Waals surface area (Å²) in [7, 11) is 0. The van der Waals surface area contributed by atoms with Crippen LogP contribution in [-0.2, 0) is 4.79 Å². The highest BCUT2D eigenvalue weighted by molar-refractivity contribution is 6.31. The van der Waals surface area contributed by atoms with Gasteiger partial charge in [-0.2, -0.15) is 19.0 Å². The lowest BCUT2D eigenvalue weighted by Crippen LogP contribution is -2.30. The van der Waals surface area contributed by atoms with Crippen LogP contribution in [0.2, 0.25) is 5.02 Å². The first kappa shape index (κ1) is 27.6. The Bertz CT molecular complexity index is 1720. The van der Waals surface area contributed by atoms with E-state index in [-0.39, 0.29) is 34.3 Å². The molecule has 0 radical (unpaired) electrons. The molecule has 1 unspecified atom stereocenters. The monoisotopic (exact) mass is 598 g/mol. The number of aromatic nitrogens is 6. The van der Waals surface area contributed by atoms with Gasteiger partial charge in [0.1, 0.15) is 11.4 Å². The third-order valence-corrected chi connectivity index (χ3v) is 7.53. The summed E-state index contributed by atoms with van der Waals surface area (Å²) < 4.78 is 46.5. The topological polar surface area (TPSA) is 128 Å². The van der Waals surface area contributed by atoms with E-state index in [1.165, 1.54) is 6.20 Å². The van der Waals surface area contributed by atoms with E-state index in [0.717, 1.165) is 36.5 Å². The molecule has 11 nitrogen and oxygen atoms in total. The minimum atomic E-state index is -3.23. The number of anilines is 2. The van der Waals surface area contributed by atoms with Gasteiger partial charge in [-0.3, -0.25) is 24.2 Å². The second kappa shape index (κ2) is 10.7. The molecule has 4 aromatic rings. The number of aryl methyl sites for hydroxylation is 1. The fraction of sp³-hybridized carbons (Fsp3) is 0.296. The molecule has 2 fully saturated rings. The molecule has 1 aliphatic heterocycles. The molecule has 0 spiro atoms. The van der Waals surface area contributed by atoms with Crippen molar-refractivity contribution in [2.45, 2.75) is 32.9 Å². The Balaban J connectivity index is 1.18. The number of rotatable bonds is 8. The molecule has 15 heteroatoms. The third-order valence-electron chi connectivity index (χ3n) is 7.24. The van der Waals surface area contributed by atoms with E-state index in [2.05, 4.69) is 35.3 Å². The number of nitrogens with zero attached hydrogens (tertiary/aromatic N) is 7. The van der Waals surface area contributed by atoms with Gasteiger partial charge in [-0.05, 0) is 49.9 Å². The standard InChI is InChI=1S/C27H22ClF3N8O3/c1-12-5-18(36-37-24(12)38-10-14-6-16(14)26(38)41)13(2)39-11-15(7-33-39)34-25(40)20-9-32-8-19(35-20)22-21(42-27(30)31)4-3-17(28)23(22)29/h3-5,7-9,11,13-14,16,27H,6,10H2,1-2H3,(H,34,40)/t13?,14-,16-/m1/s1. The van der Waals surface area contributed by atoms with Gasteiger partial charge in [0.25, 0.3) is 5.91 Å². The molecule has 216 valence electrons. The molecule has 2 amide bonds. The maximum atomic E-state index is 14.8. The average Bonchev–Trinajstić information content (AvgIpc) is 3.46. The first-order valence-corrected chi connectivity index (χ1v) is 13.2. The number of hydrogen-bond acceptors (Lipinski definition) is 8. The summed E-state index contributed by atoms with van der Waals surface area (Å²) in [6.07, 6.45) is 6.18. The Kier molecular flexibility index (Phi) is 7.01. The zero-order valence-electron chi connectivity index (χ0n) is 22.1. The lowest BCUT2D eigenvalue weighted by molar-refractivity contribution is -0.118. The summed E-state index contributed by atoms with van der Waals surface area (Å²) in [6, 6.07) is 3.63. The predicted octanol–water partition coefficient (Wildman–Crippen LogP) is 4.68. The second-order valence-electron chi connectivity index (χ2n) is 10.1. The molecule has 42 heavy (non-hydrogen) atoms. The molecule has 1 N–H and O–H groups in total. The molecular formula is C27H22ClF3N8O3. The quantitative estimate of drug-likeness (QED) is 0.310. The molecule has 2 aliphatic rings. The van der Waals surface area contributed by atoms with Crippen molar-refractivity contribution in [2.24, 2.45) is 11.8 Å². The molecule has 3 aromatic heterocycles. The van der Waals surface area contributed by atoms with Crippen molar-refractivity contribution in [3.05, 3.63) is 70.8 Å². The number of amides is 2. The lowest BCUT2D eigenvalue weighted by Gasteiger charge is -2.20. The number of fused-ring (bicyclic) bond motifs is 1. The Morgan fingerprint density at radius 1 is 1.21 bits per heavy atom. The average molecular weight is 599 g/mol. The number of piperidine rings is 1. The zero-order chi connectivity index (χ0) is 29.7. The number of hydrogen-bond donors (Lipinski definition) is 1. The SMILES string of the molecule is Cc1cc(C(C)n2cc(NC(=O)c3cncc(-c4c(OC(F)F)ccc(Cl)c4F)n3)cn2)nnc1N1C[C@H]2C[C@H]2C1=O. The normalized spacial score (nSPS) is 18.3. The molecule has 3 atom stereocenters. The Hall–Kier alpha value is -4.59. The second-order valence-corrected chi connectivity index (χ2v) is 10.5. The minimum Gasteiger partial charge on any atom is -0.434 e. The molecular weight excluding hydrogens is 577 g/mol. The van der Waals surface area contributed by atoms with Crippen molar-refractivity contribution in [1.29, 1.82) is 0 Å². The summed E-state index contributed by atoms with van der Waals surface area (Å²) in [5.74, 6) is -1.07. The van der Waals surface area contributed by atoms with Gasteiger partial charge in [0, 0.05) is 18.7 Å². The van der Waals surface area contributed by atoms with Crippen molar-refractivity contribution in [2.75, 3.05) is 16.8 Å². The van der Waals surface area contributed by atoms with Crippen LogP contribution in [0.1, 0.15) is 41.1 Å². The molecule has 1 saturated heterocycles. The van der Waals surface area contributed by atoms with Gasteiger partial charge in [0.2, 0.25) is 5.91 Å². The van der Waals surface area contributed by atoms with E-state index in [1.54, 1.807) is 15.8 Å². The van der Waals surface area contributed by atoms with E-state index in [1.807, 2.05) is 19.9 Å². The summed E-state index contributed by atoms with van der Waals surface area (Å²) >= 11 is 5.83. The first-order valence-electron chi connectivity index (χ1n) is 12.9. The van der Waals surface area contributed by atoms with Gasteiger partial charge in [0.05, 0.1) is 52.3 Å². The Morgan fingerprint density at radius 2 is 2.02 bits per heavy atom. The molecule has 6 rings (SSSR count). The van der Waals surface area contributed by atoms with E-state index in [4.69, 9.17) is 11.6 Å². The van der Waals surface area contributed by atoms with Crippen LogP contribution in [0.3, 0.4) is 0 Å². The molecule has 1 saturated carbocycles. The van der Waals surface area contributed by atoms with Crippen LogP contribution >= 0.6 is 11.6 Å². The van der Waals surface area contributed by atoms with Gasteiger partial charge < -0.3 is 10.1 Å². The van der Waals surface area contributed by atoms with Gasteiger partial charge in [-0.1, -0.05) is 11.6 Å². The van der Waals surface area contributed by atoms with Crippen LogP contribution in [0.4, 0.5) is 24.7 Å². The van der Waals surface area contributed by atoms with Gasteiger partial charge >= 0.3 is 6.61 Å². The number of halogens is 4. The lowest BCUT2D eigenvalue weighted by atomic mass is 10.1. The maximum absolute atomic E-state index is 14.8. The van der Waals surface area contributed by atoms with Gasteiger partial charge in [-0.25, -0.2) is 9.37 Å². The summed E-state index contributed by atoms with van der Waals surface area (Å²) in [6.45, 7) is 1.17. The van der Waals surface area contributed by atoms with E-state index < -0.39 is 29.6 Å². The maximum Gasteiger partial charge on any atom is 0.387 e. The zero-order valence-corrected chi connectivity index (χ0v) is 22.9. The van der Waals surface area contributed by atoms with E-state index >= 15 is 0 Å². The summed E-state index contributed by atoms with van der Waals surface area (Å²) in [5.41, 5.74) is 0.837. The number of carbonyl (C=O) groups excluding carboxylic acids is 2. The molecule has 4 heterocycles. The fourth-order valence-corrected chi connectivity index (χ4v) is 5.10. The summed E-state index contributed by atoms with van der Waals surface area (Å²) in [4.78, 5) is 35.1. The highest BCUT2D eigenvalue weighted by atomic mass is 35.5. The molecule has 1 aliphatic carbocycles. The smallest absolute Gasteiger partial charge is 0.387 e. The predicted molar refractivity (Wildman–Crippen MR) is 144 cm³/mol. The van der Waals surface area contributed by atoms with Crippen LogP contribution in [0.15, 0.2) is 43.0 Å². The number of nitrogens with one attached hydrogen (secondary N) is 1. The fourth-order valence-electron chi connectivity index (χ4n) is 4.94. The largest absolute Gasteiger partial charge is 0.434 e. The third kappa shape index (κ3) is 5.13. The minimum absolute atomic E-state index is 0.0977. The van der Waals surface area contributed by atoms with Crippen LogP contribution in [0, 0.1) is 24.6 Å². The van der Waals surface area contributed by atoms with Crippen LogP contribution in [0.25, 0.3) is 11.3 Å². The highest BCUT2D eigenvalue weighted by Crippen LogP contribution is 2.47. The van der Waals surface area contributed by atoms with E-state index in [0.29, 0.717) is 29.7 Å². The van der Waals surface area contributed by atoms with Crippen molar-refractivity contribution >= 4 is 34.9 Å². The molecule has 0 bridgehead atoms. The first-order chi connectivity index (χ1) is 20.1. The molecule has 1 aromatic carbocycles. The van der Waals surface area contributed by atoms with Crippen LogP contribution in [0.5, 0.6) is 5.75 Å². The van der Waals surface area contributed by atoms with E-state index in [9.17, 15) is 22.8 Å². The Labute approximate surface area is 241 Å². The van der Waals surface area contributed by atoms with Gasteiger partial charge in [0.15, 0.2) is 11.6 Å². The van der Waals surface area contributed by atoms with Crippen LogP contribution in [-0.4, -0.2) is 54.9 Å². The number of carbonyl (C=O) groups is 2. The van der Waals surface area contributed by atoms with Crippen molar-refractivity contribution in [1.82, 2.24) is 29.9 Å². The number of alkyl halides is 2. The highest BCUT2D eigenvalue weighted by Gasteiger charge is 2.53. The van der Waals surface area contributed by atoms with Crippen LogP contribution < -0.4 is 15.0 Å².